The second kappa shape index (κ2) is 7.33. The van der Waals surface area contributed by atoms with Crippen molar-refractivity contribution >= 4 is 12.4 Å². The van der Waals surface area contributed by atoms with Crippen LogP contribution in [0.1, 0.15) is 24.9 Å². The van der Waals surface area contributed by atoms with Gasteiger partial charge in [0.05, 0.1) is 6.61 Å². The van der Waals surface area contributed by atoms with Crippen molar-refractivity contribution in [1.82, 2.24) is 0 Å². The second-order valence-electron chi connectivity index (χ2n) is 3.31. The summed E-state index contributed by atoms with van der Waals surface area (Å²) in [5.41, 5.74) is 12.0. The summed E-state index contributed by atoms with van der Waals surface area (Å²) in [6, 6.07) is 5.09. The van der Waals surface area contributed by atoms with Crippen molar-refractivity contribution in [2.45, 2.75) is 19.4 Å². The molecule has 1 rings (SSSR count). The smallest absolute Gasteiger partial charge is 0.162 e. The number of rotatable bonds is 5. The molecule has 1 aromatic carbocycles. The molecule has 0 aromatic heterocycles. The lowest BCUT2D eigenvalue weighted by Crippen LogP contribution is -2.15. The summed E-state index contributed by atoms with van der Waals surface area (Å²) < 4.78 is 5.27. The minimum absolute atomic E-state index is 0. The Kier molecular flexibility index (Phi) is 6.88. The molecule has 0 radical (unpaired) electrons. The topological polar surface area (TPSA) is 81.5 Å². The average Bonchev–Trinajstić information content (AvgIpc) is 2.22. The van der Waals surface area contributed by atoms with E-state index in [1.807, 2.05) is 13.0 Å². The van der Waals surface area contributed by atoms with Gasteiger partial charge >= 0.3 is 0 Å². The first-order chi connectivity index (χ1) is 7.20. The van der Waals surface area contributed by atoms with Crippen molar-refractivity contribution in [2.75, 3.05) is 13.2 Å². The van der Waals surface area contributed by atoms with Gasteiger partial charge in [0.25, 0.3) is 0 Å². The molecular weight excluding hydrogens is 228 g/mol. The SMILES string of the molecule is CCOc1cccc([C@@H](N)CCN)c1O.Cl. The van der Waals surface area contributed by atoms with Crippen LogP contribution in [0.3, 0.4) is 0 Å². The number of phenolic OH excluding ortho intramolecular Hbond substituents is 1. The lowest BCUT2D eigenvalue weighted by Gasteiger charge is -2.15. The summed E-state index contributed by atoms with van der Waals surface area (Å²) >= 11 is 0. The third kappa shape index (κ3) is 3.56. The zero-order valence-corrected chi connectivity index (χ0v) is 10.2. The average molecular weight is 247 g/mol. The summed E-state index contributed by atoms with van der Waals surface area (Å²) in [6.45, 7) is 2.88. The van der Waals surface area contributed by atoms with E-state index in [0.29, 0.717) is 30.9 Å². The van der Waals surface area contributed by atoms with Crippen molar-refractivity contribution < 1.29 is 9.84 Å². The minimum Gasteiger partial charge on any atom is -0.504 e. The van der Waals surface area contributed by atoms with Crippen molar-refractivity contribution in [2.24, 2.45) is 11.5 Å². The molecule has 0 aliphatic carbocycles. The Labute approximate surface area is 102 Å². The highest BCUT2D eigenvalue weighted by molar-refractivity contribution is 5.85. The fourth-order valence-corrected chi connectivity index (χ4v) is 1.45. The molecule has 0 fully saturated rings. The molecule has 0 aliphatic heterocycles. The van der Waals surface area contributed by atoms with Crippen LogP contribution in [-0.2, 0) is 0 Å². The molecule has 0 aliphatic rings. The van der Waals surface area contributed by atoms with Crippen LogP contribution < -0.4 is 16.2 Å². The molecule has 0 amide bonds. The number of hydrogen-bond donors (Lipinski definition) is 3. The highest BCUT2D eigenvalue weighted by Crippen LogP contribution is 2.33. The molecule has 0 saturated heterocycles. The van der Waals surface area contributed by atoms with Crippen molar-refractivity contribution in [3.8, 4) is 11.5 Å². The maximum Gasteiger partial charge on any atom is 0.162 e. The number of ether oxygens (including phenoxy) is 1. The third-order valence-electron chi connectivity index (χ3n) is 2.21. The summed E-state index contributed by atoms with van der Waals surface area (Å²) in [6.07, 6.45) is 0.642. The predicted molar refractivity (Wildman–Crippen MR) is 67.1 cm³/mol. The first-order valence-corrected chi connectivity index (χ1v) is 5.11. The lowest BCUT2D eigenvalue weighted by atomic mass is 10.0. The van der Waals surface area contributed by atoms with E-state index in [4.69, 9.17) is 16.2 Å². The van der Waals surface area contributed by atoms with Gasteiger partial charge in [0.2, 0.25) is 0 Å². The monoisotopic (exact) mass is 246 g/mol. The Hall–Kier alpha value is -0.970. The first kappa shape index (κ1) is 15.0. The van der Waals surface area contributed by atoms with Gasteiger partial charge in [-0.1, -0.05) is 12.1 Å². The van der Waals surface area contributed by atoms with Crippen molar-refractivity contribution in [1.29, 1.82) is 0 Å². The fraction of sp³-hybridized carbons (Fsp3) is 0.455. The van der Waals surface area contributed by atoms with Gasteiger partial charge in [0, 0.05) is 11.6 Å². The Morgan fingerprint density at radius 3 is 2.69 bits per heavy atom. The van der Waals surface area contributed by atoms with Crippen LogP contribution in [0.5, 0.6) is 11.5 Å². The first-order valence-electron chi connectivity index (χ1n) is 5.11. The number of halogens is 1. The number of hydrogen-bond acceptors (Lipinski definition) is 4. The number of aromatic hydroxyl groups is 1. The van der Waals surface area contributed by atoms with Gasteiger partial charge in [0.1, 0.15) is 0 Å². The van der Waals surface area contributed by atoms with E-state index in [0.717, 1.165) is 0 Å². The molecule has 4 nitrogen and oxygen atoms in total. The summed E-state index contributed by atoms with van der Waals surface area (Å²) in [5.74, 6) is 0.600. The van der Waals surface area contributed by atoms with E-state index >= 15 is 0 Å². The molecule has 0 heterocycles. The van der Waals surface area contributed by atoms with E-state index in [1.165, 1.54) is 0 Å². The summed E-state index contributed by atoms with van der Waals surface area (Å²) in [5, 5.41) is 9.87. The van der Waals surface area contributed by atoms with Crippen LogP contribution in [0, 0.1) is 0 Å². The van der Waals surface area contributed by atoms with E-state index in [1.54, 1.807) is 12.1 Å². The highest BCUT2D eigenvalue weighted by atomic mass is 35.5. The molecule has 92 valence electrons. The zero-order chi connectivity index (χ0) is 11.3. The van der Waals surface area contributed by atoms with E-state index < -0.39 is 0 Å². The Morgan fingerprint density at radius 1 is 1.44 bits per heavy atom. The molecule has 0 saturated carbocycles. The Morgan fingerprint density at radius 2 is 2.12 bits per heavy atom. The van der Waals surface area contributed by atoms with Crippen LogP contribution in [0.15, 0.2) is 18.2 Å². The fourth-order valence-electron chi connectivity index (χ4n) is 1.45. The normalized spacial score (nSPS) is 11.7. The maximum absolute atomic E-state index is 9.87. The summed E-state index contributed by atoms with van der Waals surface area (Å²) in [7, 11) is 0. The Balaban J connectivity index is 0.00000225. The second-order valence-corrected chi connectivity index (χ2v) is 3.31. The van der Waals surface area contributed by atoms with Crippen molar-refractivity contribution in [3.05, 3.63) is 23.8 Å². The van der Waals surface area contributed by atoms with Gasteiger partial charge in [0.15, 0.2) is 11.5 Å². The van der Waals surface area contributed by atoms with Crippen molar-refractivity contribution in [3.63, 3.8) is 0 Å². The number of benzene rings is 1. The zero-order valence-electron chi connectivity index (χ0n) is 9.35. The highest BCUT2D eigenvalue weighted by Gasteiger charge is 2.13. The summed E-state index contributed by atoms with van der Waals surface area (Å²) in [4.78, 5) is 0. The van der Waals surface area contributed by atoms with Crippen LogP contribution in [-0.4, -0.2) is 18.3 Å². The van der Waals surface area contributed by atoms with Gasteiger partial charge < -0.3 is 21.3 Å². The number of para-hydroxylation sites is 1. The maximum atomic E-state index is 9.87. The van der Waals surface area contributed by atoms with E-state index in [-0.39, 0.29) is 24.2 Å². The van der Waals surface area contributed by atoms with E-state index in [9.17, 15) is 5.11 Å². The molecule has 0 bridgehead atoms. The molecule has 0 spiro atoms. The molecule has 5 heteroatoms. The van der Waals surface area contributed by atoms with Crippen LogP contribution in [0.25, 0.3) is 0 Å². The van der Waals surface area contributed by atoms with Crippen LogP contribution in [0.2, 0.25) is 0 Å². The van der Waals surface area contributed by atoms with Gasteiger partial charge in [-0.3, -0.25) is 0 Å². The molecule has 1 atom stereocenters. The predicted octanol–water partition coefficient (Wildman–Crippen LogP) is 1.56. The third-order valence-corrected chi connectivity index (χ3v) is 2.21. The van der Waals surface area contributed by atoms with Crippen LogP contribution >= 0.6 is 12.4 Å². The molecular formula is C11H19ClN2O2. The van der Waals surface area contributed by atoms with Gasteiger partial charge in [-0.05, 0) is 26.0 Å². The quantitative estimate of drug-likeness (QED) is 0.737. The molecule has 16 heavy (non-hydrogen) atoms. The van der Waals surface area contributed by atoms with E-state index in [2.05, 4.69) is 0 Å². The van der Waals surface area contributed by atoms with Gasteiger partial charge in [-0.15, -0.1) is 12.4 Å². The number of nitrogens with two attached hydrogens (primary N) is 2. The number of phenols is 1. The molecule has 1 aromatic rings. The minimum atomic E-state index is -0.240. The van der Waals surface area contributed by atoms with Crippen LogP contribution in [0.4, 0.5) is 0 Å². The Bertz CT molecular complexity index is 321. The largest absolute Gasteiger partial charge is 0.504 e. The molecule has 0 unspecified atom stereocenters. The lowest BCUT2D eigenvalue weighted by molar-refractivity contribution is 0.315. The standard InChI is InChI=1S/C11H18N2O2.ClH/c1-2-15-10-5-3-4-8(11(10)14)9(13)6-7-12;/h3-5,9,14H,2,6-7,12-13H2,1H3;1H/t9-;/m0./s1. The molecule has 5 N–H and O–H groups in total. The van der Waals surface area contributed by atoms with Gasteiger partial charge in [-0.25, -0.2) is 0 Å². The van der Waals surface area contributed by atoms with Gasteiger partial charge in [-0.2, -0.15) is 0 Å².